The summed E-state index contributed by atoms with van der Waals surface area (Å²) in [7, 11) is 1.79. The molecular weight excluding hydrogens is 470 g/mol. The summed E-state index contributed by atoms with van der Waals surface area (Å²) in [6, 6.07) is 18.9. The van der Waals surface area contributed by atoms with Crippen molar-refractivity contribution in [3.05, 3.63) is 92.4 Å². The van der Waals surface area contributed by atoms with Crippen molar-refractivity contribution in [2.45, 2.75) is 10.6 Å². The van der Waals surface area contributed by atoms with Crippen LogP contribution in [0.3, 0.4) is 0 Å². The number of nitrogens with two attached hydrogens (primary N) is 1. The fourth-order valence-corrected chi connectivity index (χ4v) is 4.95. The Labute approximate surface area is 187 Å². The number of hydrogen-bond acceptors (Lipinski definition) is 4. The Kier molecular flexibility index (Phi) is 7.00. The van der Waals surface area contributed by atoms with Crippen LogP contribution in [-0.2, 0) is 5.75 Å². The van der Waals surface area contributed by atoms with E-state index in [0.717, 1.165) is 21.7 Å². The number of hydrogen-bond donors (Lipinski definition) is 3. The number of rotatable bonds is 7. The van der Waals surface area contributed by atoms with Gasteiger partial charge in [0, 0.05) is 44.0 Å². The molecule has 148 valence electrons. The first kappa shape index (κ1) is 21.4. The summed E-state index contributed by atoms with van der Waals surface area (Å²) in [5.41, 5.74) is 9.66. The zero-order valence-corrected chi connectivity index (χ0v) is 18.8. The highest BCUT2D eigenvalue weighted by Gasteiger charge is 2.18. The largest absolute Gasteiger partial charge is 0.388 e. The lowest BCUT2D eigenvalue weighted by Gasteiger charge is -2.15. The minimum absolute atomic E-state index is 0.323. The Bertz CT molecular complexity index is 1070. The van der Waals surface area contributed by atoms with Crippen LogP contribution in [0.4, 0.5) is 5.69 Å². The maximum Gasteiger partial charge on any atom is 0.250 e. The Morgan fingerprint density at radius 2 is 1.90 bits per heavy atom. The smallest absolute Gasteiger partial charge is 0.250 e. The maximum absolute atomic E-state index is 12.0. The van der Waals surface area contributed by atoms with Gasteiger partial charge in [0.1, 0.15) is 0 Å². The van der Waals surface area contributed by atoms with Crippen LogP contribution < -0.4 is 11.1 Å². The second kappa shape index (κ2) is 9.48. The molecule has 0 radical (unpaired) electrons. The molecule has 0 aliphatic carbocycles. The number of amides is 1. The molecule has 3 aromatic carbocycles. The van der Waals surface area contributed by atoms with Crippen molar-refractivity contribution in [2.24, 2.45) is 5.73 Å². The fourth-order valence-electron chi connectivity index (χ4n) is 2.91. The number of carbonyl (C=O) groups is 1. The van der Waals surface area contributed by atoms with E-state index < -0.39 is 5.91 Å². The molecule has 0 saturated carbocycles. The maximum atomic E-state index is 12.0. The summed E-state index contributed by atoms with van der Waals surface area (Å²) in [5.74, 6) is 0.181. The van der Waals surface area contributed by atoms with Crippen molar-refractivity contribution in [1.29, 1.82) is 5.41 Å². The zero-order valence-electron chi connectivity index (χ0n) is 15.6. The third-order valence-corrected chi connectivity index (χ3v) is 6.32. The Morgan fingerprint density at radius 3 is 2.55 bits per heavy atom. The van der Waals surface area contributed by atoms with Gasteiger partial charge < -0.3 is 11.1 Å². The van der Waals surface area contributed by atoms with Gasteiger partial charge in [0.2, 0.25) is 0 Å². The summed E-state index contributed by atoms with van der Waals surface area (Å²) >= 11 is 11.1. The summed E-state index contributed by atoms with van der Waals surface area (Å²) in [6.45, 7) is 0. The monoisotopic (exact) mass is 487 g/mol. The van der Waals surface area contributed by atoms with Gasteiger partial charge in [0.25, 0.3) is 5.91 Å². The molecule has 0 saturated heterocycles. The van der Waals surface area contributed by atoms with Crippen molar-refractivity contribution >= 4 is 56.6 Å². The van der Waals surface area contributed by atoms with Crippen LogP contribution in [0.2, 0.25) is 5.02 Å². The topological polar surface area (TPSA) is 79.0 Å². The standard InChI is InChI=1S/C22H19BrClN3OS/c1-27-18-11-15(24)7-8-16(18)21(25)14-9-17(23)20(22(26)28)19(10-14)29-12-13-5-3-2-4-6-13/h2-11,25,27H,12H2,1H3,(H2,26,28). The van der Waals surface area contributed by atoms with E-state index in [-0.39, 0.29) is 0 Å². The summed E-state index contributed by atoms with van der Waals surface area (Å²) in [5, 5.41) is 12.4. The van der Waals surface area contributed by atoms with E-state index in [1.165, 1.54) is 11.8 Å². The lowest BCUT2D eigenvalue weighted by molar-refractivity contribution is 0.0996. The number of carbonyl (C=O) groups excluding carboxylic acids is 1. The van der Waals surface area contributed by atoms with E-state index in [1.807, 2.05) is 42.5 Å². The number of nitrogens with one attached hydrogen (secondary N) is 2. The van der Waals surface area contributed by atoms with Crippen LogP contribution in [0.15, 0.2) is 70.0 Å². The van der Waals surface area contributed by atoms with Crippen molar-refractivity contribution in [3.63, 3.8) is 0 Å². The van der Waals surface area contributed by atoms with Crippen LogP contribution >= 0.6 is 39.3 Å². The molecule has 4 N–H and O–H groups in total. The lowest BCUT2D eigenvalue weighted by atomic mass is 9.99. The predicted octanol–water partition coefficient (Wildman–Crippen LogP) is 5.95. The molecule has 29 heavy (non-hydrogen) atoms. The fraction of sp³-hybridized carbons (Fsp3) is 0.0909. The van der Waals surface area contributed by atoms with Gasteiger partial charge in [-0.25, -0.2) is 0 Å². The first-order valence-electron chi connectivity index (χ1n) is 8.77. The highest BCUT2D eigenvalue weighted by Crippen LogP contribution is 2.34. The summed E-state index contributed by atoms with van der Waals surface area (Å²) in [6.07, 6.45) is 0. The van der Waals surface area contributed by atoms with Crippen molar-refractivity contribution in [1.82, 2.24) is 0 Å². The predicted molar refractivity (Wildman–Crippen MR) is 126 cm³/mol. The molecular formula is C22H19BrClN3OS. The number of halogens is 2. The van der Waals surface area contributed by atoms with Gasteiger partial charge >= 0.3 is 0 Å². The highest BCUT2D eigenvalue weighted by molar-refractivity contribution is 9.10. The molecule has 3 aromatic rings. The van der Waals surface area contributed by atoms with Gasteiger partial charge in [0.05, 0.1) is 11.3 Å². The highest BCUT2D eigenvalue weighted by atomic mass is 79.9. The average Bonchev–Trinajstić information content (AvgIpc) is 2.71. The SMILES string of the molecule is CNc1cc(Cl)ccc1C(=N)c1cc(Br)c(C(N)=O)c(SCc2ccccc2)c1. The van der Waals surface area contributed by atoms with E-state index in [1.54, 1.807) is 25.2 Å². The van der Waals surface area contributed by atoms with E-state index in [2.05, 4.69) is 21.2 Å². The molecule has 0 atom stereocenters. The number of thioether (sulfide) groups is 1. The van der Waals surface area contributed by atoms with Crippen LogP contribution in [0.5, 0.6) is 0 Å². The summed E-state index contributed by atoms with van der Waals surface area (Å²) in [4.78, 5) is 12.8. The molecule has 0 unspecified atom stereocenters. The Morgan fingerprint density at radius 1 is 1.17 bits per heavy atom. The van der Waals surface area contributed by atoms with Crippen LogP contribution in [-0.4, -0.2) is 18.7 Å². The molecule has 0 aromatic heterocycles. The summed E-state index contributed by atoms with van der Waals surface area (Å²) < 4.78 is 0.572. The van der Waals surface area contributed by atoms with E-state index in [9.17, 15) is 4.79 Å². The second-order valence-electron chi connectivity index (χ2n) is 6.28. The third kappa shape index (κ3) is 5.01. The van der Waals surface area contributed by atoms with Gasteiger partial charge in [-0.15, -0.1) is 11.8 Å². The quantitative estimate of drug-likeness (QED) is 0.284. The molecule has 0 aliphatic heterocycles. The first-order chi connectivity index (χ1) is 13.9. The van der Waals surface area contributed by atoms with Crippen molar-refractivity contribution in [3.8, 4) is 0 Å². The molecule has 0 heterocycles. The third-order valence-electron chi connectivity index (χ3n) is 4.35. The molecule has 0 fully saturated rings. The van der Waals surface area contributed by atoms with Crippen molar-refractivity contribution in [2.75, 3.05) is 12.4 Å². The van der Waals surface area contributed by atoms with Gasteiger partial charge in [0.15, 0.2) is 0 Å². The Balaban J connectivity index is 2.01. The van der Waals surface area contributed by atoms with Crippen molar-refractivity contribution < 1.29 is 4.79 Å². The molecule has 0 aliphatic rings. The van der Waals surface area contributed by atoms with Crippen LogP contribution in [0, 0.1) is 5.41 Å². The number of anilines is 1. The first-order valence-corrected chi connectivity index (χ1v) is 10.9. The van der Waals surface area contributed by atoms with Crippen LogP contribution in [0.25, 0.3) is 0 Å². The van der Waals surface area contributed by atoms with E-state index in [0.29, 0.717) is 32.1 Å². The van der Waals surface area contributed by atoms with Crippen LogP contribution in [0.1, 0.15) is 27.0 Å². The van der Waals surface area contributed by atoms with Gasteiger partial charge in [-0.2, -0.15) is 0 Å². The number of primary amides is 1. The van der Waals surface area contributed by atoms with E-state index >= 15 is 0 Å². The molecule has 3 rings (SSSR count). The second-order valence-corrected chi connectivity index (χ2v) is 8.59. The Hall–Kier alpha value is -2.28. The van der Waals surface area contributed by atoms with E-state index in [4.69, 9.17) is 22.7 Å². The lowest BCUT2D eigenvalue weighted by Crippen LogP contribution is -2.14. The number of benzene rings is 3. The molecule has 4 nitrogen and oxygen atoms in total. The molecule has 0 bridgehead atoms. The zero-order chi connectivity index (χ0) is 21.0. The minimum atomic E-state index is -0.507. The van der Waals surface area contributed by atoms with Gasteiger partial charge in [-0.3, -0.25) is 10.2 Å². The molecule has 7 heteroatoms. The van der Waals surface area contributed by atoms with Gasteiger partial charge in [-0.05, 0) is 51.8 Å². The normalized spacial score (nSPS) is 10.6. The minimum Gasteiger partial charge on any atom is -0.388 e. The average molecular weight is 489 g/mol. The molecule has 1 amide bonds. The molecule has 0 spiro atoms. The van der Waals surface area contributed by atoms with Gasteiger partial charge in [-0.1, -0.05) is 41.9 Å².